The predicted molar refractivity (Wildman–Crippen MR) is 55.4 cm³/mol. The molecule has 3 aromatic heterocycles. The largest absolute Gasteiger partial charge is 0.278 e. The first-order valence-electron chi connectivity index (χ1n) is 4.69. The highest BCUT2D eigenvalue weighted by Gasteiger charge is 2.12. The monoisotopic (exact) mass is 202 g/mol. The van der Waals surface area contributed by atoms with Crippen LogP contribution in [0.2, 0.25) is 0 Å². The minimum atomic E-state index is 0.649. The highest BCUT2D eigenvalue weighted by atomic mass is 15.3. The Hall–Kier alpha value is -1.98. The fraction of sp³-hybridized carbons (Fsp3) is 0.333. The summed E-state index contributed by atoms with van der Waals surface area (Å²) in [5, 5.41) is 11.2. The molecule has 3 heterocycles. The summed E-state index contributed by atoms with van der Waals surface area (Å²) in [4.78, 5) is 8.93. The summed E-state index contributed by atoms with van der Waals surface area (Å²) in [5.74, 6) is 0. The van der Waals surface area contributed by atoms with Gasteiger partial charge in [0.15, 0.2) is 5.65 Å². The van der Waals surface area contributed by atoms with Crippen molar-refractivity contribution in [3.63, 3.8) is 0 Å². The molecule has 1 N–H and O–H groups in total. The number of aromatic nitrogens is 6. The molecule has 15 heavy (non-hydrogen) atoms. The molecule has 0 aliphatic rings. The molecule has 3 aromatic rings. The Balaban J connectivity index is 2.57. The van der Waals surface area contributed by atoms with Crippen LogP contribution in [0.25, 0.3) is 22.3 Å². The molecule has 0 unspecified atom stereocenters. The third kappa shape index (κ3) is 0.984. The van der Waals surface area contributed by atoms with Gasteiger partial charge in [0, 0.05) is 7.05 Å². The number of hydrogen-bond donors (Lipinski definition) is 1. The van der Waals surface area contributed by atoms with Crippen LogP contribution in [0.15, 0.2) is 0 Å². The highest BCUT2D eigenvalue weighted by molar-refractivity contribution is 5.84. The number of H-pyrrole nitrogens is 1. The molecular weight excluding hydrogens is 192 g/mol. The van der Waals surface area contributed by atoms with E-state index in [-0.39, 0.29) is 0 Å². The molecule has 0 aromatic carbocycles. The van der Waals surface area contributed by atoms with Crippen LogP contribution in [0.3, 0.4) is 0 Å². The van der Waals surface area contributed by atoms with Crippen LogP contribution < -0.4 is 0 Å². The summed E-state index contributed by atoms with van der Waals surface area (Å²) in [6.45, 7) is 3.85. The number of nitrogens with one attached hydrogen (secondary N) is 1. The highest BCUT2D eigenvalue weighted by Crippen LogP contribution is 2.18. The summed E-state index contributed by atoms with van der Waals surface area (Å²) in [6.07, 6.45) is 0. The first-order valence-corrected chi connectivity index (χ1v) is 4.69. The molecule has 0 amide bonds. The van der Waals surface area contributed by atoms with E-state index in [0.717, 1.165) is 28.1 Å². The van der Waals surface area contributed by atoms with Crippen molar-refractivity contribution in [2.75, 3.05) is 0 Å². The summed E-state index contributed by atoms with van der Waals surface area (Å²) in [5.41, 5.74) is 4.88. The Morgan fingerprint density at radius 3 is 2.73 bits per heavy atom. The van der Waals surface area contributed by atoms with Crippen molar-refractivity contribution in [3.8, 4) is 0 Å². The minimum Gasteiger partial charge on any atom is -0.278 e. The molecule has 0 aliphatic carbocycles. The van der Waals surface area contributed by atoms with E-state index >= 15 is 0 Å². The van der Waals surface area contributed by atoms with Crippen LogP contribution in [0.1, 0.15) is 11.4 Å². The maximum Gasteiger partial charge on any atom is 0.200 e. The fourth-order valence-electron chi connectivity index (χ4n) is 1.73. The van der Waals surface area contributed by atoms with Crippen LogP contribution >= 0.6 is 0 Å². The van der Waals surface area contributed by atoms with Crippen molar-refractivity contribution in [1.82, 2.24) is 29.9 Å². The second-order valence-electron chi connectivity index (χ2n) is 3.63. The lowest BCUT2D eigenvalue weighted by molar-refractivity contribution is 0.775. The molecule has 0 saturated carbocycles. The van der Waals surface area contributed by atoms with Gasteiger partial charge >= 0.3 is 0 Å². The van der Waals surface area contributed by atoms with E-state index in [0.29, 0.717) is 5.65 Å². The Morgan fingerprint density at radius 2 is 1.93 bits per heavy atom. The van der Waals surface area contributed by atoms with Gasteiger partial charge in [-0.25, -0.2) is 14.6 Å². The summed E-state index contributed by atoms with van der Waals surface area (Å²) >= 11 is 0. The zero-order valence-corrected chi connectivity index (χ0v) is 8.74. The molecule has 0 fully saturated rings. The standard InChI is InChI=1S/C9H10N6/c1-4-6-8(13-12-4)10-7-5(2)14-15(3)9(7)11-6/h1-3H3,(H,10,12,13). The van der Waals surface area contributed by atoms with Gasteiger partial charge in [-0.3, -0.25) is 5.10 Å². The lowest BCUT2D eigenvalue weighted by Crippen LogP contribution is -1.93. The number of nitrogens with zero attached hydrogens (tertiary/aromatic N) is 5. The third-order valence-corrected chi connectivity index (χ3v) is 2.49. The molecule has 0 spiro atoms. The lowest BCUT2D eigenvalue weighted by atomic mass is 10.3. The SMILES string of the molecule is Cc1[nH]nc2nc3c(C)nn(C)c3nc12. The minimum absolute atomic E-state index is 0.649. The molecule has 3 rings (SSSR count). The Labute approximate surface area is 85.3 Å². The Morgan fingerprint density at radius 1 is 1.13 bits per heavy atom. The third-order valence-electron chi connectivity index (χ3n) is 2.49. The second kappa shape index (κ2) is 2.53. The molecule has 0 bridgehead atoms. The molecule has 0 aliphatic heterocycles. The average molecular weight is 202 g/mol. The van der Waals surface area contributed by atoms with E-state index in [4.69, 9.17) is 0 Å². The number of rotatable bonds is 0. The topological polar surface area (TPSA) is 72.3 Å². The van der Waals surface area contributed by atoms with Crippen LogP contribution in [0.4, 0.5) is 0 Å². The van der Waals surface area contributed by atoms with E-state index in [1.165, 1.54) is 0 Å². The molecule has 0 radical (unpaired) electrons. The molecular formula is C9H10N6. The Bertz CT molecular complexity index is 662. The second-order valence-corrected chi connectivity index (χ2v) is 3.63. The van der Waals surface area contributed by atoms with E-state index in [1.807, 2.05) is 20.9 Å². The number of hydrogen-bond acceptors (Lipinski definition) is 4. The van der Waals surface area contributed by atoms with Gasteiger partial charge in [0.2, 0.25) is 5.65 Å². The van der Waals surface area contributed by atoms with Gasteiger partial charge in [0.05, 0.1) is 11.4 Å². The number of aromatic amines is 1. The molecule has 0 atom stereocenters. The van der Waals surface area contributed by atoms with Crippen molar-refractivity contribution < 1.29 is 0 Å². The van der Waals surface area contributed by atoms with Gasteiger partial charge in [-0.2, -0.15) is 10.2 Å². The fourth-order valence-corrected chi connectivity index (χ4v) is 1.73. The van der Waals surface area contributed by atoms with E-state index in [9.17, 15) is 0 Å². The van der Waals surface area contributed by atoms with Crippen molar-refractivity contribution in [1.29, 1.82) is 0 Å². The first kappa shape index (κ1) is 8.34. The van der Waals surface area contributed by atoms with Crippen molar-refractivity contribution in [2.45, 2.75) is 13.8 Å². The summed E-state index contributed by atoms with van der Waals surface area (Å²) in [7, 11) is 1.87. The van der Waals surface area contributed by atoms with Gasteiger partial charge < -0.3 is 0 Å². The van der Waals surface area contributed by atoms with Gasteiger partial charge in [-0.15, -0.1) is 0 Å². The van der Waals surface area contributed by atoms with E-state index < -0.39 is 0 Å². The van der Waals surface area contributed by atoms with Crippen LogP contribution in [0, 0.1) is 13.8 Å². The van der Waals surface area contributed by atoms with Crippen LogP contribution in [0.5, 0.6) is 0 Å². The van der Waals surface area contributed by atoms with Crippen LogP contribution in [-0.2, 0) is 7.05 Å². The van der Waals surface area contributed by atoms with Gasteiger partial charge in [0.25, 0.3) is 0 Å². The van der Waals surface area contributed by atoms with Crippen molar-refractivity contribution in [2.24, 2.45) is 7.05 Å². The maximum absolute atomic E-state index is 4.50. The molecule has 0 saturated heterocycles. The smallest absolute Gasteiger partial charge is 0.200 e. The lowest BCUT2D eigenvalue weighted by Gasteiger charge is -1.92. The van der Waals surface area contributed by atoms with Crippen molar-refractivity contribution in [3.05, 3.63) is 11.4 Å². The number of fused-ring (bicyclic) bond motifs is 2. The molecule has 76 valence electrons. The van der Waals surface area contributed by atoms with Gasteiger partial charge in [-0.05, 0) is 13.8 Å². The van der Waals surface area contributed by atoms with Crippen molar-refractivity contribution >= 4 is 22.3 Å². The number of aryl methyl sites for hydroxylation is 3. The maximum atomic E-state index is 4.50. The van der Waals surface area contributed by atoms with E-state index in [1.54, 1.807) is 4.68 Å². The normalized spacial score (nSPS) is 11.7. The van der Waals surface area contributed by atoms with Gasteiger partial charge in [-0.1, -0.05) is 0 Å². The average Bonchev–Trinajstić information content (AvgIpc) is 2.70. The summed E-state index contributed by atoms with van der Waals surface area (Å²) in [6, 6.07) is 0. The van der Waals surface area contributed by atoms with Crippen LogP contribution in [-0.4, -0.2) is 29.9 Å². The molecule has 6 heteroatoms. The van der Waals surface area contributed by atoms with Gasteiger partial charge in [0.1, 0.15) is 11.0 Å². The quantitative estimate of drug-likeness (QED) is 0.586. The molecule has 6 nitrogen and oxygen atoms in total. The first-order chi connectivity index (χ1) is 7.16. The predicted octanol–water partition coefficient (Wildman–Crippen LogP) is 0.856. The van der Waals surface area contributed by atoms with E-state index in [2.05, 4.69) is 25.3 Å². The zero-order chi connectivity index (χ0) is 10.6. The zero-order valence-electron chi connectivity index (χ0n) is 8.74. The Kier molecular flexibility index (Phi) is 1.41. The summed E-state index contributed by atoms with van der Waals surface area (Å²) < 4.78 is 1.74.